The topological polar surface area (TPSA) is 46.2 Å². The molecule has 0 radical (unpaired) electrons. The van der Waals surface area contributed by atoms with Crippen LogP contribution >= 0.6 is 0 Å². The summed E-state index contributed by atoms with van der Waals surface area (Å²) in [6.45, 7) is 6.17. The Morgan fingerprint density at radius 3 is 3.12 bits per heavy atom. The molecule has 4 heteroatoms. The summed E-state index contributed by atoms with van der Waals surface area (Å²) in [6.07, 6.45) is 4.37. The monoisotopic (exact) mass is 235 g/mol. The number of rotatable bonds is 4. The van der Waals surface area contributed by atoms with Gasteiger partial charge in [0.2, 0.25) is 0 Å². The first-order valence-corrected chi connectivity index (χ1v) is 6.34. The van der Waals surface area contributed by atoms with Crippen LogP contribution in [0.3, 0.4) is 0 Å². The molecule has 1 unspecified atom stereocenters. The van der Waals surface area contributed by atoms with Crippen molar-refractivity contribution in [1.29, 1.82) is 0 Å². The van der Waals surface area contributed by atoms with Crippen molar-refractivity contribution in [3.8, 4) is 5.75 Å². The van der Waals surface area contributed by atoms with Gasteiger partial charge < -0.3 is 15.4 Å². The smallest absolute Gasteiger partial charge is 0.169 e. The van der Waals surface area contributed by atoms with Gasteiger partial charge in [0.05, 0.1) is 6.10 Å². The molecule has 2 heterocycles. The molecule has 0 spiro atoms. The molecule has 1 aromatic heterocycles. The third-order valence-electron chi connectivity index (χ3n) is 2.77. The molecule has 1 aromatic rings. The summed E-state index contributed by atoms with van der Waals surface area (Å²) in [5.74, 6) is 1.70. The molecule has 2 N–H and O–H groups in total. The molecular formula is C13H21N3O. The van der Waals surface area contributed by atoms with Gasteiger partial charge in [0.1, 0.15) is 0 Å². The third-order valence-corrected chi connectivity index (χ3v) is 2.77. The molecule has 94 valence electrons. The Morgan fingerprint density at radius 1 is 1.53 bits per heavy atom. The number of nitrogens with zero attached hydrogens (tertiary/aromatic N) is 1. The highest BCUT2D eigenvalue weighted by Crippen LogP contribution is 2.23. The van der Waals surface area contributed by atoms with E-state index in [-0.39, 0.29) is 6.10 Å². The van der Waals surface area contributed by atoms with Gasteiger partial charge in [0.15, 0.2) is 11.6 Å². The van der Waals surface area contributed by atoms with Gasteiger partial charge in [-0.25, -0.2) is 4.98 Å². The van der Waals surface area contributed by atoms with Gasteiger partial charge in [-0.05, 0) is 45.4 Å². The largest absolute Gasteiger partial charge is 0.487 e. The van der Waals surface area contributed by atoms with E-state index in [1.165, 1.54) is 12.8 Å². The fourth-order valence-corrected chi connectivity index (χ4v) is 2.02. The van der Waals surface area contributed by atoms with Gasteiger partial charge >= 0.3 is 0 Å². The molecule has 1 atom stereocenters. The molecule has 1 saturated heterocycles. The standard InChI is InChI=1S/C13H21N3O/c1-10(2)17-12-6-4-8-15-13(12)16-11-5-3-7-14-9-11/h4,6,8,10-11,14H,3,5,7,9H2,1-2H3,(H,15,16). The summed E-state index contributed by atoms with van der Waals surface area (Å²) in [5.41, 5.74) is 0. The van der Waals surface area contributed by atoms with E-state index in [1.54, 1.807) is 6.20 Å². The van der Waals surface area contributed by atoms with Crippen molar-refractivity contribution < 1.29 is 4.74 Å². The second-order valence-electron chi connectivity index (χ2n) is 4.70. The number of ether oxygens (including phenoxy) is 1. The van der Waals surface area contributed by atoms with E-state index >= 15 is 0 Å². The van der Waals surface area contributed by atoms with Crippen molar-refractivity contribution in [2.75, 3.05) is 18.4 Å². The Morgan fingerprint density at radius 2 is 2.41 bits per heavy atom. The first-order chi connectivity index (χ1) is 8.25. The minimum Gasteiger partial charge on any atom is -0.487 e. The van der Waals surface area contributed by atoms with Crippen LogP contribution in [0.5, 0.6) is 5.75 Å². The van der Waals surface area contributed by atoms with Crippen molar-refractivity contribution in [2.24, 2.45) is 0 Å². The Hall–Kier alpha value is -1.29. The minimum atomic E-state index is 0.171. The van der Waals surface area contributed by atoms with Gasteiger partial charge in [-0.2, -0.15) is 0 Å². The zero-order valence-corrected chi connectivity index (χ0v) is 10.6. The molecule has 0 bridgehead atoms. The summed E-state index contributed by atoms with van der Waals surface area (Å²) < 4.78 is 5.74. The summed E-state index contributed by atoms with van der Waals surface area (Å²) >= 11 is 0. The molecule has 0 aromatic carbocycles. The van der Waals surface area contributed by atoms with Gasteiger partial charge in [0.25, 0.3) is 0 Å². The van der Waals surface area contributed by atoms with Crippen molar-refractivity contribution in [2.45, 2.75) is 38.8 Å². The summed E-state index contributed by atoms with van der Waals surface area (Å²) in [7, 11) is 0. The maximum absolute atomic E-state index is 5.74. The number of hydrogen-bond acceptors (Lipinski definition) is 4. The number of anilines is 1. The van der Waals surface area contributed by atoms with Crippen molar-refractivity contribution in [3.63, 3.8) is 0 Å². The maximum Gasteiger partial charge on any atom is 0.169 e. The first-order valence-electron chi connectivity index (χ1n) is 6.34. The molecule has 0 aliphatic carbocycles. The highest BCUT2D eigenvalue weighted by atomic mass is 16.5. The predicted molar refractivity (Wildman–Crippen MR) is 69.5 cm³/mol. The number of pyridine rings is 1. The quantitative estimate of drug-likeness (QED) is 0.838. The van der Waals surface area contributed by atoms with Gasteiger partial charge in [-0.1, -0.05) is 0 Å². The van der Waals surface area contributed by atoms with E-state index in [9.17, 15) is 0 Å². The van der Waals surface area contributed by atoms with Crippen LogP contribution in [0.2, 0.25) is 0 Å². The van der Waals surface area contributed by atoms with E-state index in [4.69, 9.17) is 4.74 Å². The lowest BCUT2D eigenvalue weighted by Crippen LogP contribution is -2.38. The number of aromatic nitrogens is 1. The van der Waals surface area contributed by atoms with E-state index in [2.05, 4.69) is 15.6 Å². The van der Waals surface area contributed by atoms with Crippen LogP contribution in [0.15, 0.2) is 18.3 Å². The zero-order chi connectivity index (χ0) is 12.1. The average molecular weight is 235 g/mol. The fraction of sp³-hybridized carbons (Fsp3) is 0.615. The van der Waals surface area contributed by atoms with E-state index in [0.29, 0.717) is 6.04 Å². The molecule has 0 saturated carbocycles. The lowest BCUT2D eigenvalue weighted by Gasteiger charge is -2.25. The number of hydrogen-bond donors (Lipinski definition) is 2. The molecule has 17 heavy (non-hydrogen) atoms. The normalized spacial score (nSPS) is 20.3. The van der Waals surface area contributed by atoms with Gasteiger partial charge in [-0.15, -0.1) is 0 Å². The Balaban J connectivity index is 2.03. The SMILES string of the molecule is CC(C)Oc1cccnc1NC1CCCNC1. The molecule has 2 rings (SSSR count). The Kier molecular flexibility index (Phi) is 4.20. The third kappa shape index (κ3) is 3.60. The molecule has 1 aliphatic rings. The lowest BCUT2D eigenvalue weighted by molar-refractivity contribution is 0.242. The van der Waals surface area contributed by atoms with Crippen LogP contribution in [-0.2, 0) is 0 Å². The predicted octanol–water partition coefficient (Wildman–Crippen LogP) is 2.03. The highest BCUT2D eigenvalue weighted by molar-refractivity contribution is 5.50. The molecule has 4 nitrogen and oxygen atoms in total. The second kappa shape index (κ2) is 5.87. The summed E-state index contributed by atoms with van der Waals surface area (Å²) in [4.78, 5) is 4.36. The second-order valence-corrected chi connectivity index (χ2v) is 4.70. The Labute approximate surface area is 103 Å². The van der Waals surface area contributed by atoms with Crippen LogP contribution in [-0.4, -0.2) is 30.2 Å². The molecule has 1 fully saturated rings. The van der Waals surface area contributed by atoms with Crippen molar-refractivity contribution in [3.05, 3.63) is 18.3 Å². The van der Waals surface area contributed by atoms with Crippen LogP contribution in [0.25, 0.3) is 0 Å². The molecule has 0 amide bonds. The number of nitrogens with one attached hydrogen (secondary N) is 2. The first kappa shape index (κ1) is 12.2. The maximum atomic E-state index is 5.74. The van der Waals surface area contributed by atoms with Gasteiger partial charge in [-0.3, -0.25) is 0 Å². The average Bonchev–Trinajstić information content (AvgIpc) is 2.32. The Bertz CT molecular complexity index is 348. The summed E-state index contributed by atoms with van der Waals surface area (Å²) in [6, 6.07) is 4.32. The van der Waals surface area contributed by atoms with Crippen LogP contribution in [0, 0.1) is 0 Å². The molecule has 1 aliphatic heterocycles. The van der Waals surface area contributed by atoms with Crippen LogP contribution in [0.1, 0.15) is 26.7 Å². The van der Waals surface area contributed by atoms with Crippen LogP contribution in [0.4, 0.5) is 5.82 Å². The van der Waals surface area contributed by atoms with Crippen molar-refractivity contribution >= 4 is 5.82 Å². The van der Waals surface area contributed by atoms with E-state index in [0.717, 1.165) is 24.7 Å². The van der Waals surface area contributed by atoms with Gasteiger partial charge in [0, 0.05) is 18.8 Å². The highest BCUT2D eigenvalue weighted by Gasteiger charge is 2.15. The fourth-order valence-electron chi connectivity index (χ4n) is 2.02. The lowest BCUT2D eigenvalue weighted by atomic mass is 10.1. The van der Waals surface area contributed by atoms with E-state index in [1.807, 2.05) is 26.0 Å². The number of piperidine rings is 1. The van der Waals surface area contributed by atoms with Crippen LogP contribution < -0.4 is 15.4 Å². The molecular weight excluding hydrogens is 214 g/mol. The zero-order valence-electron chi connectivity index (χ0n) is 10.6. The van der Waals surface area contributed by atoms with Crippen molar-refractivity contribution in [1.82, 2.24) is 10.3 Å². The minimum absolute atomic E-state index is 0.171. The van der Waals surface area contributed by atoms with E-state index < -0.39 is 0 Å². The summed E-state index contributed by atoms with van der Waals surface area (Å²) in [5, 5.41) is 6.84.